The molecule has 4 N–H and O–H groups in total. The van der Waals surface area contributed by atoms with Crippen LogP contribution in [0.1, 0.15) is 28.2 Å². The lowest BCUT2D eigenvalue weighted by molar-refractivity contribution is -0.0512. The topological polar surface area (TPSA) is 80.9 Å². The third-order valence-electron chi connectivity index (χ3n) is 3.48. The summed E-state index contributed by atoms with van der Waals surface area (Å²) in [5, 5.41) is 38.8. The van der Waals surface area contributed by atoms with Gasteiger partial charge in [0.15, 0.2) is 6.29 Å². The molecule has 4 nitrogen and oxygen atoms in total. The monoisotopic (exact) mass is 274 g/mol. The summed E-state index contributed by atoms with van der Waals surface area (Å²) in [6, 6.07) is 9.92. The summed E-state index contributed by atoms with van der Waals surface area (Å²) in [5.41, 5.74) is 2.58. The van der Waals surface area contributed by atoms with Gasteiger partial charge >= 0.3 is 0 Å². The van der Waals surface area contributed by atoms with Crippen molar-refractivity contribution in [3.8, 4) is 11.5 Å². The summed E-state index contributed by atoms with van der Waals surface area (Å²) in [5.74, 6) is -0.526. The number of phenolic OH excluding ortho intramolecular Hbond substituents is 2. The fraction of sp³-hybridized carbons (Fsp3) is 0.250. The smallest absolute Gasteiger partial charge is 0.162 e. The summed E-state index contributed by atoms with van der Waals surface area (Å²) in [6.07, 6.45) is -1.63. The molecule has 0 aliphatic carbocycles. The zero-order chi connectivity index (χ0) is 14.9. The predicted molar refractivity (Wildman–Crippen MR) is 75.8 cm³/mol. The average molecular weight is 274 g/mol. The number of benzene rings is 2. The Morgan fingerprint density at radius 1 is 0.750 bits per heavy atom. The molecule has 0 amide bonds. The summed E-state index contributed by atoms with van der Waals surface area (Å²) >= 11 is 0. The van der Waals surface area contributed by atoms with Gasteiger partial charge in [0.05, 0.1) is 5.92 Å². The second kappa shape index (κ2) is 5.53. The molecule has 4 heteroatoms. The standard InChI is InChI=1S/C16H18O4/c1-9-3-5-11(7-13(9)17)15(16(19)20)12-6-4-10(2)14(18)8-12/h3-8,15-20H,1-2H3. The summed E-state index contributed by atoms with van der Waals surface area (Å²) in [7, 11) is 0. The first-order chi connectivity index (χ1) is 9.40. The van der Waals surface area contributed by atoms with E-state index < -0.39 is 12.2 Å². The van der Waals surface area contributed by atoms with Gasteiger partial charge in [0.25, 0.3) is 0 Å². The lowest BCUT2D eigenvalue weighted by atomic mass is 9.89. The van der Waals surface area contributed by atoms with E-state index in [4.69, 9.17) is 0 Å². The van der Waals surface area contributed by atoms with E-state index in [-0.39, 0.29) is 11.5 Å². The Kier molecular flexibility index (Phi) is 3.97. The zero-order valence-electron chi connectivity index (χ0n) is 11.4. The van der Waals surface area contributed by atoms with Crippen LogP contribution in [0.15, 0.2) is 36.4 Å². The third kappa shape index (κ3) is 2.76. The van der Waals surface area contributed by atoms with Crippen LogP contribution in [-0.4, -0.2) is 26.7 Å². The molecule has 0 heterocycles. The molecule has 20 heavy (non-hydrogen) atoms. The minimum atomic E-state index is -1.63. The largest absolute Gasteiger partial charge is 0.508 e. The van der Waals surface area contributed by atoms with Crippen molar-refractivity contribution in [1.82, 2.24) is 0 Å². The van der Waals surface area contributed by atoms with Crippen molar-refractivity contribution in [2.45, 2.75) is 26.1 Å². The first-order valence-corrected chi connectivity index (χ1v) is 6.35. The Hall–Kier alpha value is -2.04. The second-order valence-corrected chi connectivity index (χ2v) is 4.98. The summed E-state index contributed by atoms with van der Waals surface area (Å²) in [4.78, 5) is 0. The van der Waals surface area contributed by atoms with E-state index in [1.807, 2.05) is 0 Å². The normalized spacial score (nSPS) is 11.3. The van der Waals surface area contributed by atoms with Crippen LogP contribution in [0.4, 0.5) is 0 Å². The Labute approximate surface area is 117 Å². The van der Waals surface area contributed by atoms with Crippen LogP contribution in [0, 0.1) is 13.8 Å². The van der Waals surface area contributed by atoms with Gasteiger partial charge < -0.3 is 20.4 Å². The highest BCUT2D eigenvalue weighted by Crippen LogP contribution is 2.33. The molecule has 0 unspecified atom stereocenters. The molecule has 0 spiro atoms. The lowest BCUT2D eigenvalue weighted by Gasteiger charge is -2.21. The van der Waals surface area contributed by atoms with Crippen LogP contribution in [0.25, 0.3) is 0 Å². The zero-order valence-corrected chi connectivity index (χ0v) is 11.4. The first kappa shape index (κ1) is 14.4. The molecule has 106 valence electrons. The van der Waals surface area contributed by atoms with Gasteiger partial charge in [0.1, 0.15) is 11.5 Å². The highest BCUT2D eigenvalue weighted by molar-refractivity contribution is 5.44. The third-order valence-corrected chi connectivity index (χ3v) is 3.48. The van der Waals surface area contributed by atoms with Crippen LogP contribution in [-0.2, 0) is 0 Å². The van der Waals surface area contributed by atoms with E-state index in [1.54, 1.807) is 38.1 Å². The molecule has 0 aliphatic rings. The van der Waals surface area contributed by atoms with Crippen molar-refractivity contribution in [2.75, 3.05) is 0 Å². The maximum atomic E-state index is 9.76. The highest BCUT2D eigenvalue weighted by atomic mass is 16.5. The van der Waals surface area contributed by atoms with Crippen LogP contribution in [0.2, 0.25) is 0 Å². The molecule has 0 saturated carbocycles. The highest BCUT2D eigenvalue weighted by Gasteiger charge is 2.22. The Bertz CT molecular complexity index is 568. The molecule has 2 aromatic rings. The number of aromatic hydroxyl groups is 2. The number of aryl methyl sites for hydroxylation is 2. The molecule has 0 bridgehead atoms. The van der Waals surface area contributed by atoms with Gasteiger partial charge in [-0.2, -0.15) is 0 Å². The molecule has 0 saturated heterocycles. The maximum absolute atomic E-state index is 9.76. The van der Waals surface area contributed by atoms with E-state index in [9.17, 15) is 20.4 Å². The van der Waals surface area contributed by atoms with E-state index >= 15 is 0 Å². The van der Waals surface area contributed by atoms with E-state index in [1.165, 1.54) is 12.1 Å². The summed E-state index contributed by atoms with van der Waals surface area (Å²) in [6.45, 7) is 3.53. The van der Waals surface area contributed by atoms with Gasteiger partial charge in [0, 0.05) is 0 Å². The number of aliphatic hydroxyl groups excluding tert-OH is 1. The number of hydrogen-bond donors (Lipinski definition) is 4. The quantitative estimate of drug-likeness (QED) is 0.647. The van der Waals surface area contributed by atoms with Crippen molar-refractivity contribution < 1.29 is 20.4 Å². The van der Waals surface area contributed by atoms with Gasteiger partial charge in [-0.1, -0.05) is 24.3 Å². The average Bonchev–Trinajstić information content (AvgIpc) is 2.38. The van der Waals surface area contributed by atoms with Gasteiger partial charge in [-0.15, -0.1) is 0 Å². The molecule has 0 aliphatic heterocycles. The van der Waals surface area contributed by atoms with E-state index in [0.29, 0.717) is 22.3 Å². The molecule has 0 fully saturated rings. The fourth-order valence-electron chi connectivity index (χ4n) is 2.18. The van der Waals surface area contributed by atoms with Crippen LogP contribution < -0.4 is 0 Å². The van der Waals surface area contributed by atoms with Gasteiger partial charge in [-0.25, -0.2) is 0 Å². The van der Waals surface area contributed by atoms with Crippen LogP contribution >= 0.6 is 0 Å². The number of aliphatic hydroxyl groups is 2. The minimum absolute atomic E-state index is 0.101. The Morgan fingerprint density at radius 3 is 1.45 bits per heavy atom. The lowest BCUT2D eigenvalue weighted by Crippen LogP contribution is -2.19. The van der Waals surface area contributed by atoms with Gasteiger partial charge in [-0.05, 0) is 48.2 Å². The van der Waals surface area contributed by atoms with E-state index in [0.717, 1.165) is 0 Å². The van der Waals surface area contributed by atoms with Crippen molar-refractivity contribution in [2.24, 2.45) is 0 Å². The second-order valence-electron chi connectivity index (χ2n) is 4.98. The number of hydrogen-bond acceptors (Lipinski definition) is 4. The Balaban J connectivity index is 2.50. The minimum Gasteiger partial charge on any atom is -0.508 e. The molecule has 0 aromatic heterocycles. The molecule has 0 atom stereocenters. The van der Waals surface area contributed by atoms with Crippen LogP contribution in [0.3, 0.4) is 0 Å². The molecule has 2 aromatic carbocycles. The van der Waals surface area contributed by atoms with Crippen molar-refractivity contribution in [3.63, 3.8) is 0 Å². The Morgan fingerprint density at radius 2 is 1.15 bits per heavy atom. The predicted octanol–water partition coefficient (Wildman–Crippen LogP) is 2.16. The SMILES string of the molecule is Cc1ccc(C(c2ccc(C)c(O)c2)C(O)O)cc1O. The van der Waals surface area contributed by atoms with Crippen LogP contribution in [0.5, 0.6) is 11.5 Å². The van der Waals surface area contributed by atoms with Gasteiger partial charge in [0.2, 0.25) is 0 Å². The van der Waals surface area contributed by atoms with E-state index in [2.05, 4.69) is 0 Å². The van der Waals surface area contributed by atoms with Gasteiger partial charge in [-0.3, -0.25) is 0 Å². The maximum Gasteiger partial charge on any atom is 0.162 e. The molecule has 0 radical (unpaired) electrons. The molecule has 2 rings (SSSR count). The number of rotatable bonds is 3. The van der Waals surface area contributed by atoms with Crippen molar-refractivity contribution >= 4 is 0 Å². The number of phenols is 2. The molecular weight excluding hydrogens is 256 g/mol. The first-order valence-electron chi connectivity index (χ1n) is 6.35. The summed E-state index contributed by atoms with van der Waals surface area (Å²) < 4.78 is 0. The molecular formula is C16H18O4. The fourth-order valence-corrected chi connectivity index (χ4v) is 2.18. The van der Waals surface area contributed by atoms with Crippen molar-refractivity contribution in [1.29, 1.82) is 0 Å². The van der Waals surface area contributed by atoms with Crippen molar-refractivity contribution in [3.05, 3.63) is 58.7 Å².